The molecule has 1 heterocycles. The Bertz CT molecular complexity index is 355. The Hall–Kier alpha value is -0.480. The molecule has 2 rings (SSSR count). The maximum absolute atomic E-state index is 5.91. The third-order valence-electron chi connectivity index (χ3n) is 3.22. The van der Waals surface area contributed by atoms with Gasteiger partial charge in [0.1, 0.15) is 17.2 Å². The number of aromatic nitrogens is 2. The van der Waals surface area contributed by atoms with Gasteiger partial charge in [-0.15, -0.1) is 23.4 Å². The number of halogens is 1. The second-order valence-corrected chi connectivity index (χ2v) is 5.44. The van der Waals surface area contributed by atoms with E-state index in [0.29, 0.717) is 11.9 Å². The minimum absolute atomic E-state index is 0.610. The molecule has 1 fully saturated rings. The fourth-order valence-electron chi connectivity index (χ4n) is 2.39. The summed E-state index contributed by atoms with van der Waals surface area (Å²) in [5, 5.41) is 1.02. The minimum atomic E-state index is 0.610. The predicted molar refractivity (Wildman–Crippen MR) is 74.1 cm³/mol. The van der Waals surface area contributed by atoms with Crippen LogP contribution in [0.4, 0.5) is 5.82 Å². The summed E-state index contributed by atoms with van der Waals surface area (Å²) in [5.41, 5.74) is 0. The molecule has 0 unspecified atom stereocenters. The minimum Gasteiger partial charge on any atom is -0.352 e. The van der Waals surface area contributed by atoms with E-state index in [1.807, 2.05) is 6.26 Å². The fraction of sp³-hybridized carbons (Fsp3) is 0.667. The standard InChI is InChI=1S/C12H18ClN3S/c1-17-12-8-11(14-9-15-12)16(7-6-13)10-4-2-3-5-10/h8-10H,2-7H2,1H3. The molecule has 0 amide bonds. The van der Waals surface area contributed by atoms with E-state index in [4.69, 9.17) is 11.6 Å². The molecule has 17 heavy (non-hydrogen) atoms. The lowest BCUT2D eigenvalue weighted by Gasteiger charge is -2.29. The van der Waals surface area contributed by atoms with Gasteiger partial charge in [0.15, 0.2) is 0 Å². The zero-order chi connectivity index (χ0) is 12.1. The van der Waals surface area contributed by atoms with Gasteiger partial charge in [0, 0.05) is 24.5 Å². The summed E-state index contributed by atoms with van der Waals surface area (Å²) in [6, 6.07) is 2.67. The lowest BCUT2D eigenvalue weighted by atomic mass is 10.2. The van der Waals surface area contributed by atoms with E-state index < -0.39 is 0 Å². The molecule has 1 aliphatic carbocycles. The van der Waals surface area contributed by atoms with Crippen LogP contribution < -0.4 is 4.90 Å². The Kier molecular flexibility index (Phi) is 4.92. The maximum atomic E-state index is 5.91. The Morgan fingerprint density at radius 1 is 1.41 bits per heavy atom. The topological polar surface area (TPSA) is 29.0 Å². The maximum Gasteiger partial charge on any atom is 0.133 e. The van der Waals surface area contributed by atoms with Gasteiger partial charge < -0.3 is 4.90 Å². The highest BCUT2D eigenvalue weighted by Crippen LogP contribution is 2.28. The molecule has 0 bridgehead atoms. The summed E-state index contributed by atoms with van der Waals surface area (Å²) in [5.74, 6) is 1.67. The van der Waals surface area contributed by atoms with Gasteiger partial charge in [-0.1, -0.05) is 12.8 Å². The average molecular weight is 272 g/mol. The van der Waals surface area contributed by atoms with Gasteiger partial charge in [0.2, 0.25) is 0 Å². The van der Waals surface area contributed by atoms with E-state index >= 15 is 0 Å². The van der Waals surface area contributed by atoms with Crippen molar-refractivity contribution in [1.82, 2.24) is 9.97 Å². The molecule has 0 spiro atoms. The molecule has 5 heteroatoms. The van der Waals surface area contributed by atoms with Crippen LogP contribution >= 0.6 is 23.4 Å². The van der Waals surface area contributed by atoms with E-state index in [0.717, 1.165) is 17.4 Å². The smallest absolute Gasteiger partial charge is 0.133 e. The number of thioether (sulfide) groups is 1. The lowest BCUT2D eigenvalue weighted by molar-refractivity contribution is 0.612. The highest BCUT2D eigenvalue weighted by Gasteiger charge is 2.23. The lowest BCUT2D eigenvalue weighted by Crippen LogP contribution is -2.35. The summed E-state index contributed by atoms with van der Waals surface area (Å²) >= 11 is 7.56. The summed E-state index contributed by atoms with van der Waals surface area (Å²) < 4.78 is 0. The van der Waals surface area contributed by atoms with Crippen LogP contribution in [0.15, 0.2) is 17.4 Å². The van der Waals surface area contributed by atoms with E-state index in [2.05, 4.69) is 20.9 Å². The SMILES string of the molecule is CSc1cc(N(CCCl)C2CCCC2)ncn1. The highest BCUT2D eigenvalue weighted by atomic mass is 35.5. The van der Waals surface area contributed by atoms with Crippen molar-refractivity contribution in [2.45, 2.75) is 36.8 Å². The summed E-state index contributed by atoms with van der Waals surface area (Å²) in [6.07, 6.45) is 8.85. The first kappa shape index (κ1) is 13.0. The number of nitrogens with zero attached hydrogens (tertiary/aromatic N) is 3. The van der Waals surface area contributed by atoms with Crippen molar-refractivity contribution in [2.24, 2.45) is 0 Å². The zero-order valence-corrected chi connectivity index (χ0v) is 11.7. The third kappa shape index (κ3) is 3.26. The molecular formula is C12H18ClN3S. The molecule has 1 aliphatic rings. The van der Waals surface area contributed by atoms with Crippen molar-refractivity contribution >= 4 is 29.2 Å². The molecule has 0 N–H and O–H groups in total. The second-order valence-electron chi connectivity index (χ2n) is 4.24. The van der Waals surface area contributed by atoms with Crippen LogP contribution in [0.5, 0.6) is 0 Å². The van der Waals surface area contributed by atoms with Crippen LogP contribution in [-0.2, 0) is 0 Å². The molecule has 0 aliphatic heterocycles. The zero-order valence-electron chi connectivity index (χ0n) is 10.1. The van der Waals surface area contributed by atoms with Crippen molar-refractivity contribution in [1.29, 1.82) is 0 Å². The van der Waals surface area contributed by atoms with Gasteiger partial charge in [-0.05, 0) is 19.1 Å². The molecule has 0 aromatic carbocycles. The normalized spacial score (nSPS) is 16.4. The van der Waals surface area contributed by atoms with Crippen molar-refractivity contribution in [3.63, 3.8) is 0 Å². The van der Waals surface area contributed by atoms with Crippen molar-refractivity contribution in [3.8, 4) is 0 Å². The molecule has 1 saturated carbocycles. The van der Waals surface area contributed by atoms with Crippen LogP contribution in [0.3, 0.4) is 0 Å². The van der Waals surface area contributed by atoms with Crippen molar-refractivity contribution in [3.05, 3.63) is 12.4 Å². The van der Waals surface area contributed by atoms with Crippen LogP contribution in [0.2, 0.25) is 0 Å². The molecule has 94 valence electrons. The molecule has 3 nitrogen and oxygen atoms in total. The second kappa shape index (κ2) is 6.45. The van der Waals surface area contributed by atoms with Crippen molar-refractivity contribution < 1.29 is 0 Å². The third-order valence-corrected chi connectivity index (χ3v) is 4.03. The number of hydrogen-bond donors (Lipinski definition) is 0. The first-order chi connectivity index (χ1) is 8.35. The Balaban J connectivity index is 2.18. The first-order valence-electron chi connectivity index (χ1n) is 6.04. The summed E-state index contributed by atoms with van der Waals surface area (Å²) in [4.78, 5) is 11.0. The summed E-state index contributed by atoms with van der Waals surface area (Å²) in [6.45, 7) is 0.872. The van der Waals surface area contributed by atoms with E-state index in [1.54, 1.807) is 18.1 Å². The largest absolute Gasteiger partial charge is 0.352 e. The number of hydrogen-bond acceptors (Lipinski definition) is 4. The number of rotatable bonds is 5. The Morgan fingerprint density at radius 2 is 2.18 bits per heavy atom. The van der Waals surface area contributed by atoms with Gasteiger partial charge >= 0.3 is 0 Å². The van der Waals surface area contributed by atoms with E-state index in [9.17, 15) is 0 Å². The van der Waals surface area contributed by atoms with Gasteiger partial charge in [0.25, 0.3) is 0 Å². The van der Waals surface area contributed by atoms with E-state index in [1.165, 1.54) is 25.7 Å². The van der Waals surface area contributed by atoms with E-state index in [-0.39, 0.29) is 0 Å². The monoisotopic (exact) mass is 271 g/mol. The molecule has 0 radical (unpaired) electrons. The Morgan fingerprint density at radius 3 is 2.82 bits per heavy atom. The van der Waals surface area contributed by atoms with Gasteiger partial charge in [-0.2, -0.15) is 0 Å². The van der Waals surface area contributed by atoms with Crippen molar-refractivity contribution in [2.75, 3.05) is 23.6 Å². The van der Waals surface area contributed by atoms with Crippen LogP contribution in [0.1, 0.15) is 25.7 Å². The van der Waals surface area contributed by atoms with Gasteiger partial charge in [-0.3, -0.25) is 0 Å². The number of anilines is 1. The Labute approximate surface area is 112 Å². The predicted octanol–water partition coefficient (Wildman–Crippen LogP) is 3.19. The molecule has 1 aromatic heterocycles. The first-order valence-corrected chi connectivity index (χ1v) is 7.79. The van der Waals surface area contributed by atoms with Crippen LogP contribution in [0.25, 0.3) is 0 Å². The molecule has 0 atom stereocenters. The average Bonchev–Trinajstić information content (AvgIpc) is 2.89. The molecule has 0 saturated heterocycles. The quantitative estimate of drug-likeness (QED) is 0.467. The van der Waals surface area contributed by atoms with Crippen LogP contribution in [0, 0.1) is 0 Å². The highest BCUT2D eigenvalue weighted by molar-refractivity contribution is 7.98. The van der Waals surface area contributed by atoms with Gasteiger partial charge in [-0.25, -0.2) is 9.97 Å². The molecular weight excluding hydrogens is 254 g/mol. The number of alkyl halides is 1. The summed E-state index contributed by atoms with van der Waals surface area (Å²) in [7, 11) is 0. The van der Waals surface area contributed by atoms with Gasteiger partial charge in [0.05, 0.1) is 0 Å². The van der Waals surface area contributed by atoms with Crippen LogP contribution in [-0.4, -0.2) is 34.7 Å². The fourth-order valence-corrected chi connectivity index (χ4v) is 2.95. The molecule has 1 aromatic rings.